The molecule has 6 heteroatoms. The summed E-state index contributed by atoms with van der Waals surface area (Å²) in [5.41, 5.74) is 0.690. The summed E-state index contributed by atoms with van der Waals surface area (Å²) >= 11 is 0. The van der Waals surface area contributed by atoms with Crippen molar-refractivity contribution in [2.75, 3.05) is 7.05 Å². The molecule has 4 nitrogen and oxygen atoms in total. The van der Waals surface area contributed by atoms with Gasteiger partial charge in [0.05, 0.1) is 0 Å². The third-order valence-electron chi connectivity index (χ3n) is 3.31. The van der Waals surface area contributed by atoms with Gasteiger partial charge < -0.3 is 5.32 Å². The van der Waals surface area contributed by atoms with Crippen LogP contribution in [0.15, 0.2) is 24.5 Å². The fourth-order valence-electron chi connectivity index (χ4n) is 2.24. The summed E-state index contributed by atoms with van der Waals surface area (Å²) in [6, 6.07) is 3.81. The quantitative estimate of drug-likeness (QED) is 0.891. The molecule has 0 saturated heterocycles. The van der Waals surface area contributed by atoms with E-state index < -0.39 is 11.6 Å². The predicted molar refractivity (Wildman–Crippen MR) is 76.7 cm³/mol. The molecule has 114 valence electrons. The third-order valence-corrected chi connectivity index (χ3v) is 3.31. The van der Waals surface area contributed by atoms with Gasteiger partial charge in [-0.25, -0.2) is 18.4 Å². The average Bonchev–Trinajstić information content (AvgIpc) is 2.85. The number of rotatable bonds is 6. The van der Waals surface area contributed by atoms with E-state index in [2.05, 4.69) is 29.2 Å². The molecule has 0 bridgehead atoms. The maximum absolute atomic E-state index is 13.4. The molecule has 1 aromatic heterocycles. The van der Waals surface area contributed by atoms with E-state index in [4.69, 9.17) is 0 Å². The van der Waals surface area contributed by atoms with Gasteiger partial charge in [-0.2, -0.15) is 5.10 Å². The normalized spacial score (nSPS) is 12.9. The van der Waals surface area contributed by atoms with Crippen molar-refractivity contribution in [3.63, 3.8) is 0 Å². The first kappa shape index (κ1) is 15.6. The monoisotopic (exact) mass is 294 g/mol. The fourth-order valence-corrected chi connectivity index (χ4v) is 2.24. The maximum Gasteiger partial charge on any atom is 0.159 e. The molecular weight excluding hydrogens is 274 g/mol. The maximum atomic E-state index is 13.4. The van der Waals surface area contributed by atoms with Gasteiger partial charge in [-0.1, -0.05) is 19.9 Å². The van der Waals surface area contributed by atoms with Crippen LogP contribution in [0.5, 0.6) is 0 Å². The van der Waals surface area contributed by atoms with Crippen LogP contribution in [0.3, 0.4) is 0 Å². The van der Waals surface area contributed by atoms with Crippen LogP contribution in [0, 0.1) is 17.6 Å². The van der Waals surface area contributed by atoms with Gasteiger partial charge >= 0.3 is 0 Å². The highest BCUT2D eigenvalue weighted by molar-refractivity contribution is 5.22. The van der Waals surface area contributed by atoms with E-state index in [0.717, 1.165) is 18.4 Å². The number of nitrogens with one attached hydrogen (secondary N) is 1. The lowest BCUT2D eigenvalue weighted by atomic mass is 10.0. The SMILES string of the molecule is CNC(Cc1ncnn1CC(C)C)c1ccc(F)c(F)c1. The van der Waals surface area contributed by atoms with Gasteiger partial charge in [0.2, 0.25) is 0 Å². The van der Waals surface area contributed by atoms with Crippen molar-refractivity contribution in [1.82, 2.24) is 20.1 Å². The Morgan fingerprint density at radius 3 is 2.62 bits per heavy atom. The Morgan fingerprint density at radius 2 is 2.00 bits per heavy atom. The van der Waals surface area contributed by atoms with Crippen molar-refractivity contribution < 1.29 is 8.78 Å². The molecule has 0 radical (unpaired) electrons. The van der Waals surface area contributed by atoms with Crippen LogP contribution in [0.25, 0.3) is 0 Å². The molecule has 1 heterocycles. The number of halogens is 2. The average molecular weight is 294 g/mol. The second-order valence-electron chi connectivity index (χ2n) is 5.47. The van der Waals surface area contributed by atoms with Gasteiger partial charge in [-0.05, 0) is 30.7 Å². The molecule has 1 unspecified atom stereocenters. The molecule has 0 aliphatic heterocycles. The van der Waals surface area contributed by atoms with Gasteiger partial charge in [0.1, 0.15) is 12.2 Å². The summed E-state index contributed by atoms with van der Waals surface area (Å²) in [5.74, 6) is -0.387. The van der Waals surface area contributed by atoms with Gasteiger partial charge in [-0.15, -0.1) is 0 Å². The summed E-state index contributed by atoms with van der Waals surface area (Å²) < 4.78 is 28.3. The molecule has 1 N–H and O–H groups in total. The summed E-state index contributed by atoms with van der Waals surface area (Å²) in [4.78, 5) is 4.27. The number of benzene rings is 1. The third kappa shape index (κ3) is 3.85. The Kier molecular flexibility index (Phi) is 5.01. The largest absolute Gasteiger partial charge is 0.313 e. The first-order valence-corrected chi connectivity index (χ1v) is 7.00. The van der Waals surface area contributed by atoms with Crippen molar-refractivity contribution in [2.45, 2.75) is 32.9 Å². The summed E-state index contributed by atoms with van der Waals surface area (Å²) in [5, 5.41) is 7.33. The molecule has 2 rings (SSSR count). The number of hydrogen-bond acceptors (Lipinski definition) is 3. The Morgan fingerprint density at radius 1 is 1.24 bits per heavy atom. The van der Waals surface area contributed by atoms with Crippen LogP contribution in [-0.4, -0.2) is 21.8 Å². The predicted octanol–water partition coefficient (Wildman–Crippen LogP) is 2.72. The molecule has 0 amide bonds. The minimum Gasteiger partial charge on any atom is -0.313 e. The van der Waals surface area contributed by atoms with E-state index >= 15 is 0 Å². The zero-order valence-corrected chi connectivity index (χ0v) is 12.5. The molecule has 21 heavy (non-hydrogen) atoms. The molecule has 0 fully saturated rings. The second-order valence-corrected chi connectivity index (χ2v) is 5.47. The number of likely N-dealkylation sites (N-methyl/N-ethyl adjacent to an activating group) is 1. The Bertz CT molecular complexity index is 595. The number of nitrogens with zero attached hydrogens (tertiary/aromatic N) is 3. The Hall–Kier alpha value is -1.82. The van der Waals surface area contributed by atoms with E-state index in [-0.39, 0.29) is 6.04 Å². The van der Waals surface area contributed by atoms with Gasteiger partial charge in [-0.3, -0.25) is 0 Å². The minimum atomic E-state index is -0.837. The number of aromatic nitrogens is 3. The van der Waals surface area contributed by atoms with E-state index in [1.807, 2.05) is 4.68 Å². The highest BCUT2D eigenvalue weighted by Crippen LogP contribution is 2.19. The fraction of sp³-hybridized carbons (Fsp3) is 0.467. The van der Waals surface area contributed by atoms with Gasteiger partial charge in [0.25, 0.3) is 0 Å². The van der Waals surface area contributed by atoms with Crippen LogP contribution < -0.4 is 5.32 Å². The lowest BCUT2D eigenvalue weighted by Crippen LogP contribution is -2.22. The standard InChI is InChI=1S/C15H20F2N4/c1-10(2)8-21-15(19-9-20-21)7-14(18-3)11-4-5-12(16)13(17)6-11/h4-6,9-10,14,18H,7-8H2,1-3H3. The Labute approximate surface area is 123 Å². The molecule has 0 aliphatic rings. The van der Waals surface area contributed by atoms with E-state index in [9.17, 15) is 8.78 Å². The van der Waals surface area contributed by atoms with Crippen LogP contribution >= 0.6 is 0 Å². The molecule has 0 aliphatic carbocycles. The van der Waals surface area contributed by atoms with Gasteiger partial charge in [0.15, 0.2) is 11.6 Å². The first-order chi connectivity index (χ1) is 10.0. The van der Waals surface area contributed by atoms with Crippen molar-refractivity contribution in [1.29, 1.82) is 0 Å². The van der Waals surface area contributed by atoms with Crippen molar-refractivity contribution in [3.05, 3.63) is 47.5 Å². The second kappa shape index (κ2) is 6.76. The van der Waals surface area contributed by atoms with E-state index in [0.29, 0.717) is 17.9 Å². The summed E-state index contributed by atoms with van der Waals surface area (Å²) in [6.45, 7) is 5.00. The number of hydrogen-bond donors (Lipinski definition) is 1. The lowest BCUT2D eigenvalue weighted by molar-refractivity contribution is 0.450. The summed E-state index contributed by atoms with van der Waals surface area (Å²) in [6.07, 6.45) is 2.09. The van der Waals surface area contributed by atoms with Crippen molar-refractivity contribution in [2.24, 2.45) is 5.92 Å². The first-order valence-electron chi connectivity index (χ1n) is 7.00. The molecule has 2 aromatic rings. The minimum absolute atomic E-state index is 0.143. The highest BCUT2D eigenvalue weighted by atomic mass is 19.2. The zero-order chi connectivity index (χ0) is 15.4. The van der Waals surface area contributed by atoms with Crippen LogP contribution in [0.1, 0.15) is 31.3 Å². The molecule has 0 spiro atoms. The van der Waals surface area contributed by atoms with Crippen LogP contribution in [-0.2, 0) is 13.0 Å². The smallest absolute Gasteiger partial charge is 0.159 e. The van der Waals surface area contributed by atoms with Crippen LogP contribution in [0.2, 0.25) is 0 Å². The lowest BCUT2D eigenvalue weighted by Gasteiger charge is -2.17. The van der Waals surface area contributed by atoms with E-state index in [1.165, 1.54) is 12.4 Å². The molecule has 1 aromatic carbocycles. The molecule has 0 saturated carbocycles. The Balaban J connectivity index is 2.19. The highest BCUT2D eigenvalue weighted by Gasteiger charge is 2.16. The van der Waals surface area contributed by atoms with Crippen LogP contribution in [0.4, 0.5) is 8.78 Å². The van der Waals surface area contributed by atoms with Gasteiger partial charge in [0, 0.05) is 19.0 Å². The zero-order valence-electron chi connectivity index (χ0n) is 12.5. The summed E-state index contributed by atoms with van der Waals surface area (Å²) in [7, 11) is 1.79. The van der Waals surface area contributed by atoms with E-state index in [1.54, 1.807) is 13.1 Å². The molecular formula is C15H20F2N4. The van der Waals surface area contributed by atoms with Crippen molar-refractivity contribution >= 4 is 0 Å². The topological polar surface area (TPSA) is 42.7 Å². The molecule has 1 atom stereocenters. The van der Waals surface area contributed by atoms with Crippen molar-refractivity contribution in [3.8, 4) is 0 Å².